The summed E-state index contributed by atoms with van der Waals surface area (Å²) in [6, 6.07) is 103. The highest BCUT2D eigenvalue weighted by Gasteiger charge is 2.27. The van der Waals surface area contributed by atoms with E-state index in [-0.39, 0.29) is 0 Å². The van der Waals surface area contributed by atoms with Crippen LogP contribution in [-0.2, 0) is 0 Å². The van der Waals surface area contributed by atoms with E-state index in [2.05, 4.69) is 289 Å². The van der Waals surface area contributed by atoms with Crippen LogP contribution in [-0.4, -0.2) is 0 Å². The first kappa shape index (κ1) is 45.9. The lowest BCUT2D eigenvalue weighted by Gasteiger charge is -2.30. The van der Waals surface area contributed by atoms with Gasteiger partial charge in [-0.2, -0.15) is 0 Å². The number of hydrogen-bond donors (Lipinski definition) is 0. The van der Waals surface area contributed by atoms with Gasteiger partial charge in [-0.25, -0.2) is 0 Å². The highest BCUT2D eigenvalue weighted by Crippen LogP contribution is 2.54. The van der Waals surface area contributed by atoms with Crippen molar-refractivity contribution in [2.75, 3.05) is 9.80 Å². The van der Waals surface area contributed by atoms with E-state index in [0.29, 0.717) is 0 Å². The Hall–Kier alpha value is -10.0. The molecule has 0 unspecified atom stereocenters. The number of nitrogens with zero attached hydrogens (tertiary/aromatic N) is 2. The molecule has 0 saturated heterocycles. The van der Waals surface area contributed by atoms with E-state index in [1.54, 1.807) is 0 Å². The van der Waals surface area contributed by atoms with Gasteiger partial charge in [0.2, 0.25) is 0 Å². The summed E-state index contributed by atoms with van der Waals surface area (Å²) in [4.78, 5) is 5.04. The van der Waals surface area contributed by atoms with Crippen LogP contribution in [0.25, 0.3) is 128 Å². The van der Waals surface area contributed by atoms with E-state index < -0.39 is 0 Å². The molecule has 0 radical (unpaired) electrons. The molecule has 5 heteroatoms. The van der Waals surface area contributed by atoms with Gasteiger partial charge in [0.1, 0.15) is 11.2 Å². The minimum atomic E-state index is 0.860. The summed E-state index contributed by atoms with van der Waals surface area (Å²) >= 11 is 3.71. The SMILES string of the molecule is c1ccc(-c2ccc3sc4ccccc4c3c2N(c2ccc3cc4c(cc3c2)oc2cc3cc(N(c5cccc6ccccc56)c5c(-c6ccccc6)ccc6sc7ccccc7c56)ccc3cc24)c2cccc3ccccc23)cc1. The fraction of sp³-hybridized carbons (Fsp3) is 0. The van der Waals surface area contributed by atoms with Crippen LogP contribution in [0.2, 0.25) is 0 Å². The molecule has 0 spiro atoms. The molecule has 81 heavy (non-hydrogen) atoms. The molecule has 0 fully saturated rings. The summed E-state index contributed by atoms with van der Waals surface area (Å²) in [5.41, 5.74) is 13.1. The lowest BCUT2D eigenvalue weighted by atomic mass is 9.96. The van der Waals surface area contributed by atoms with Gasteiger partial charge in [-0.1, -0.05) is 194 Å². The highest BCUT2D eigenvalue weighted by molar-refractivity contribution is 7.26. The zero-order valence-corrected chi connectivity index (χ0v) is 45.3. The van der Waals surface area contributed by atoms with Crippen LogP contribution in [0.15, 0.2) is 283 Å². The number of rotatable bonds is 8. The van der Waals surface area contributed by atoms with Crippen LogP contribution in [0.5, 0.6) is 0 Å². The van der Waals surface area contributed by atoms with E-state index in [1.165, 1.54) is 95.5 Å². The third-order valence-electron chi connectivity index (χ3n) is 16.5. The van der Waals surface area contributed by atoms with E-state index in [4.69, 9.17) is 4.42 Å². The summed E-state index contributed by atoms with van der Waals surface area (Å²) in [7, 11) is 0. The van der Waals surface area contributed by atoms with Crippen molar-refractivity contribution in [1.29, 1.82) is 0 Å². The second-order valence-corrected chi connectivity index (χ2v) is 23.3. The average molecular weight is 1070 g/mol. The molecule has 17 rings (SSSR count). The normalized spacial score (nSPS) is 12.0. The van der Waals surface area contributed by atoms with Gasteiger partial charge in [0.15, 0.2) is 0 Å². The van der Waals surface area contributed by atoms with Gasteiger partial charge in [-0.15, -0.1) is 22.7 Å². The summed E-state index contributed by atoms with van der Waals surface area (Å²) in [6.07, 6.45) is 0. The molecule has 14 aromatic carbocycles. The highest BCUT2D eigenvalue weighted by atomic mass is 32.1. The zero-order valence-electron chi connectivity index (χ0n) is 43.7. The monoisotopic (exact) mass is 1070 g/mol. The lowest BCUT2D eigenvalue weighted by molar-refractivity contribution is 0.670. The van der Waals surface area contributed by atoms with Gasteiger partial charge in [0.25, 0.3) is 0 Å². The predicted octanol–water partition coefficient (Wildman–Crippen LogP) is 23.2. The average Bonchev–Trinajstić information content (AvgIpc) is 4.42. The maximum atomic E-state index is 7.04. The van der Waals surface area contributed by atoms with Crippen LogP contribution in [0, 0.1) is 0 Å². The molecule has 0 atom stereocenters. The summed E-state index contributed by atoms with van der Waals surface area (Å²) < 4.78 is 12.1. The summed E-state index contributed by atoms with van der Waals surface area (Å²) in [6.45, 7) is 0. The van der Waals surface area contributed by atoms with Gasteiger partial charge >= 0.3 is 0 Å². The Morgan fingerprint density at radius 3 is 1.14 bits per heavy atom. The van der Waals surface area contributed by atoms with Crippen molar-refractivity contribution in [3.05, 3.63) is 279 Å². The van der Waals surface area contributed by atoms with Crippen LogP contribution >= 0.6 is 22.7 Å². The molecule has 0 aliphatic rings. The van der Waals surface area contributed by atoms with Crippen LogP contribution < -0.4 is 9.80 Å². The molecular formula is C76H46N2OS2. The number of furan rings is 1. The maximum absolute atomic E-state index is 7.04. The first-order chi connectivity index (χ1) is 40.1. The minimum absolute atomic E-state index is 0.860. The second-order valence-electron chi connectivity index (χ2n) is 21.1. The molecule has 0 amide bonds. The second kappa shape index (κ2) is 18.3. The van der Waals surface area contributed by atoms with Crippen molar-refractivity contribution in [2.45, 2.75) is 0 Å². The molecule has 3 heterocycles. The Morgan fingerprint density at radius 1 is 0.259 bits per heavy atom. The Kier molecular flexibility index (Phi) is 10.4. The third-order valence-corrected chi connectivity index (χ3v) is 18.8. The van der Waals surface area contributed by atoms with Crippen molar-refractivity contribution in [3.63, 3.8) is 0 Å². The number of hydrogen-bond acceptors (Lipinski definition) is 5. The molecule has 0 N–H and O–H groups in total. The molecule has 378 valence electrons. The van der Waals surface area contributed by atoms with E-state index >= 15 is 0 Å². The first-order valence-corrected chi connectivity index (χ1v) is 29.2. The van der Waals surface area contributed by atoms with Crippen LogP contribution in [0.4, 0.5) is 34.1 Å². The Bertz CT molecular complexity index is 5040. The van der Waals surface area contributed by atoms with Gasteiger partial charge in [0, 0.05) is 84.4 Å². The van der Waals surface area contributed by atoms with Crippen LogP contribution in [0.3, 0.4) is 0 Å². The van der Waals surface area contributed by atoms with Crippen molar-refractivity contribution >= 4 is 162 Å². The Balaban J connectivity index is 0.863. The van der Waals surface area contributed by atoms with Gasteiger partial charge < -0.3 is 14.2 Å². The largest absolute Gasteiger partial charge is 0.456 e. The molecule has 0 bridgehead atoms. The standard InChI is InChI=1S/C76H46N2OS2/c1-3-17-49(18-4-1)59-37-39-71-73(61-27-11-13-31-69(61)80-71)75(59)77(65-29-15-23-47-21-7-9-25-57(47)65)55-35-33-51-43-63-64-44-52-34-36-56(42-54(52)46-68(64)79-67(63)45-53(51)41-55)78(66-30-16-24-48-22-8-10-26-58(48)66)76-60(50-19-5-2-6-20-50)38-40-72-74(76)62-28-12-14-32-70(62)81-72/h1-46H. The van der Waals surface area contributed by atoms with Crippen LogP contribution in [0.1, 0.15) is 0 Å². The Morgan fingerprint density at radius 2 is 0.667 bits per heavy atom. The maximum Gasteiger partial charge on any atom is 0.136 e. The number of thiophene rings is 2. The smallest absolute Gasteiger partial charge is 0.136 e. The molecular weight excluding hydrogens is 1020 g/mol. The molecule has 0 aliphatic carbocycles. The molecule has 17 aromatic rings. The quantitative estimate of drug-likeness (QED) is 0.151. The molecule has 0 aliphatic heterocycles. The molecule has 3 nitrogen and oxygen atoms in total. The summed E-state index contributed by atoms with van der Waals surface area (Å²) in [5.74, 6) is 0. The third kappa shape index (κ3) is 7.33. The topological polar surface area (TPSA) is 19.6 Å². The van der Waals surface area contributed by atoms with Crippen molar-refractivity contribution in [3.8, 4) is 22.3 Å². The van der Waals surface area contributed by atoms with E-state index in [0.717, 1.165) is 66.2 Å². The van der Waals surface area contributed by atoms with E-state index in [9.17, 15) is 0 Å². The number of fused-ring (bicyclic) bond motifs is 13. The molecule has 0 saturated carbocycles. The fourth-order valence-electron chi connectivity index (χ4n) is 12.9. The number of anilines is 6. The van der Waals surface area contributed by atoms with Gasteiger partial charge in [-0.3, -0.25) is 0 Å². The minimum Gasteiger partial charge on any atom is -0.456 e. The van der Waals surface area contributed by atoms with Crippen molar-refractivity contribution < 1.29 is 4.42 Å². The van der Waals surface area contributed by atoms with Gasteiger partial charge in [-0.05, 0) is 128 Å². The lowest BCUT2D eigenvalue weighted by Crippen LogP contribution is -2.12. The number of benzene rings is 14. The zero-order chi connectivity index (χ0) is 53.1. The Labute approximate surface area is 474 Å². The fourth-order valence-corrected chi connectivity index (χ4v) is 15.1. The van der Waals surface area contributed by atoms with Crippen molar-refractivity contribution in [1.82, 2.24) is 0 Å². The summed E-state index contributed by atoms with van der Waals surface area (Å²) in [5, 5.41) is 16.5. The van der Waals surface area contributed by atoms with Gasteiger partial charge in [0.05, 0.1) is 22.7 Å². The molecule has 3 aromatic heterocycles. The van der Waals surface area contributed by atoms with Crippen molar-refractivity contribution in [2.24, 2.45) is 0 Å². The first-order valence-electron chi connectivity index (χ1n) is 27.5. The van der Waals surface area contributed by atoms with E-state index in [1.807, 2.05) is 22.7 Å². The predicted molar refractivity (Wildman–Crippen MR) is 350 cm³/mol.